The molecule has 0 radical (unpaired) electrons. The zero-order valence-electron chi connectivity index (χ0n) is 7.41. The lowest BCUT2D eigenvalue weighted by molar-refractivity contribution is 0.112. The third kappa shape index (κ3) is 1.76. The average Bonchev–Trinajstić information content (AvgIpc) is 2.65. The van der Waals surface area contributed by atoms with E-state index < -0.39 is 0 Å². The summed E-state index contributed by atoms with van der Waals surface area (Å²) in [5.41, 5.74) is 1.20. The van der Waals surface area contributed by atoms with Crippen molar-refractivity contribution < 1.29 is 9.32 Å². The van der Waals surface area contributed by atoms with E-state index in [4.69, 9.17) is 27.7 Å². The number of carbonyl (C=O) groups is 1. The standard InChI is InChI=1S/C10H5Cl2NO2/c11-7-2-1-3-8(12)9(7)10-6(4-14)5-15-13-10/h1-5H. The van der Waals surface area contributed by atoms with Crippen LogP contribution in [0.15, 0.2) is 29.0 Å². The van der Waals surface area contributed by atoms with Crippen molar-refractivity contribution in [2.75, 3.05) is 0 Å². The van der Waals surface area contributed by atoms with E-state index in [1.54, 1.807) is 18.2 Å². The number of nitrogens with zero attached hydrogens (tertiary/aromatic N) is 1. The summed E-state index contributed by atoms with van der Waals surface area (Å²) in [5.74, 6) is 0. The quantitative estimate of drug-likeness (QED) is 0.757. The summed E-state index contributed by atoms with van der Waals surface area (Å²) in [6.45, 7) is 0. The van der Waals surface area contributed by atoms with Gasteiger partial charge >= 0.3 is 0 Å². The Labute approximate surface area is 95.6 Å². The van der Waals surface area contributed by atoms with Gasteiger partial charge in [-0.2, -0.15) is 0 Å². The van der Waals surface area contributed by atoms with E-state index in [-0.39, 0.29) is 0 Å². The van der Waals surface area contributed by atoms with E-state index in [2.05, 4.69) is 5.16 Å². The molecule has 2 aromatic rings. The second-order valence-electron chi connectivity index (χ2n) is 2.83. The van der Waals surface area contributed by atoms with Crippen LogP contribution in [0.4, 0.5) is 0 Å². The number of aldehydes is 1. The Morgan fingerprint density at radius 1 is 1.27 bits per heavy atom. The molecule has 15 heavy (non-hydrogen) atoms. The van der Waals surface area contributed by atoms with E-state index in [1.807, 2.05) is 0 Å². The van der Waals surface area contributed by atoms with Crippen LogP contribution in [-0.4, -0.2) is 11.4 Å². The predicted molar refractivity (Wildman–Crippen MR) is 57.3 cm³/mol. The summed E-state index contributed by atoms with van der Waals surface area (Å²) in [5, 5.41) is 4.56. The Kier molecular flexibility index (Phi) is 2.75. The zero-order chi connectivity index (χ0) is 10.8. The molecule has 76 valence electrons. The maximum absolute atomic E-state index is 10.7. The molecule has 3 nitrogen and oxygen atoms in total. The molecule has 0 atom stereocenters. The summed E-state index contributed by atoms with van der Waals surface area (Å²) < 4.78 is 4.70. The first-order chi connectivity index (χ1) is 7.24. The van der Waals surface area contributed by atoms with E-state index in [0.29, 0.717) is 33.2 Å². The molecule has 0 N–H and O–H groups in total. The van der Waals surface area contributed by atoms with E-state index >= 15 is 0 Å². The number of carbonyl (C=O) groups excluding carboxylic acids is 1. The predicted octanol–water partition coefficient (Wildman–Crippen LogP) is 3.46. The molecule has 1 heterocycles. The summed E-state index contributed by atoms with van der Waals surface area (Å²) in [6, 6.07) is 5.06. The number of hydrogen-bond donors (Lipinski definition) is 0. The van der Waals surface area contributed by atoms with Crippen molar-refractivity contribution in [2.45, 2.75) is 0 Å². The van der Waals surface area contributed by atoms with E-state index in [0.717, 1.165) is 0 Å². The van der Waals surface area contributed by atoms with Crippen LogP contribution in [-0.2, 0) is 0 Å². The normalized spacial score (nSPS) is 10.3. The number of benzene rings is 1. The second kappa shape index (κ2) is 4.04. The van der Waals surface area contributed by atoms with Crippen LogP contribution in [0.2, 0.25) is 10.0 Å². The molecule has 0 aliphatic rings. The Morgan fingerprint density at radius 2 is 1.93 bits per heavy atom. The van der Waals surface area contributed by atoms with Crippen molar-refractivity contribution in [1.82, 2.24) is 5.16 Å². The number of hydrogen-bond acceptors (Lipinski definition) is 3. The van der Waals surface area contributed by atoms with Crippen molar-refractivity contribution in [2.24, 2.45) is 0 Å². The van der Waals surface area contributed by atoms with Gasteiger partial charge in [-0.25, -0.2) is 0 Å². The minimum absolute atomic E-state index is 0.324. The van der Waals surface area contributed by atoms with Crippen LogP contribution >= 0.6 is 23.2 Å². The first-order valence-electron chi connectivity index (χ1n) is 4.08. The summed E-state index contributed by atoms with van der Waals surface area (Å²) in [7, 11) is 0. The van der Waals surface area contributed by atoms with Crippen LogP contribution in [0.1, 0.15) is 10.4 Å². The van der Waals surface area contributed by atoms with Gasteiger partial charge in [0.15, 0.2) is 6.29 Å². The highest BCUT2D eigenvalue weighted by atomic mass is 35.5. The summed E-state index contributed by atoms with van der Waals surface area (Å²) >= 11 is 11.9. The molecule has 1 aromatic heterocycles. The molecule has 0 saturated heterocycles. The van der Waals surface area contributed by atoms with Gasteiger partial charge in [0.25, 0.3) is 0 Å². The van der Waals surface area contributed by atoms with Crippen LogP contribution in [0.25, 0.3) is 11.3 Å². The molecule has 0 fully saturated rings. The van der Waals surface area contributed by atoms with Crippen molar-refractivity contribution in [3.8, 4) is 11.3 Å². The lowest BCUT2D eigenvalue weighted by atomic mass is 10.1. The van der Waals surface area contributed by atoms with Gasteiger partial charge in [0.1, 0.15) is 12.0 Å². The molecule has 5 heteroatoms. The van der Waals surface area contributed by atoms with Gasteiger partial charge in [0.2, 0.25) is 0 Å². The van der Waals surface area contributed by atoms with Gasteiger partial charge in [-0.1, -0.05) is 34.4 Å². The van der Waals surface area contributed by atoms with E-state index in [9.17, 15) is 4.79 Å². The molecule has 0 aliphatic heterocycles. The van der Waals surface area contributed by atoms with Crippen LogP contribution in [0, 0.1) is 0 Å². The Morgan fingerprint density at radius 3 is 2.53 bits per heavy atom. The van der Waals surface area contributed by atoms with Gasteiger partial charge in [0.05, 0.1) is 15.6 Å². The largest absolute Gasteiger partial charge is 0.363 e. The van der Waals surface area contributed by atoms with Gasteiger partial charge in [-0.15, -0.1) is 0 Å². The molecular formula is C10H5Cl2NO2. The molecular weight excluding hydrogens is 237 g/mol. The van der Waals surface area contributed by atoms with Crippen LogP contribution in [0.3, 0.4) is 0 Å². The number of aromatic nitrogens is 1. The number of halogens is 2. The first-order valence-corrected chi connectivity index (χ1v) is 4.83. The fourth-order valence-corrected chi connectivity index (χ4v) is 1.82. The van der Waals surface area contributed by atoms with Gasteiger partial charge in [0, 0.05) is 5.56 Å². The van der Waals surface area contributed by atoms with Gasteiger partial charge in [-0.3, -0.25) is 4.79 Å². The maximum atomic E-state index is 10.7. The Balaban J connectivity index is 2.68. The van der Waals surface area contributed by atoms with Gasteiger partial charge in [-0.05, 0) is 12.1 Å². The lowest BCUT2D eigenvalue weighted by Crippen LogP contribution is -1.86. The fourth-order valence-electron chi connectivity index (χ4n) is 1.24. The molecule has 1 aromatic carbocycles. The highest BCUT2D eigenvalue weighted by Crippen LogP contribution is 2.34. The monoisotopic (exact) mass is 241 g/mol. The third-order valence-corrected chi connectivity index (χ3v) is 2.55. The minimum atomic E-state index is 0.324. The average molecular weight is 242 g/mol. The smallest absolute Gasteiger partial charge is 0.155 e. The van der Waals surface area contributed by atoms with Gasteiger partial charge < -0.3 is 4.52 Å². The maximum Gasteiger partial charge on any atom is 0.155 e. The third-order valence-electron chi connectivity index (χ3n) is 1.92. The molecule has 0 saturated carbocycles. The Bertz CT molecular complexity index is 488. The van der Waals surface area contributed by atoms with Crippen molar-refractivity contribution >= 4 is 29.5 Å². The molecule has 0 aliphatic carbocycles. The molecule has 0 unspecified atom stereocenters. The van der Waals surface area contributed by atoms with Crippen molar-refractivity contribution in [1.29, 1.82) is 0 Å². The molecule has 0 amide bonds. The topological polar surface area (TPSA) is 43.1 Å². The highest BCUT2D eigenvalue weighted by Gasteiger charge is 2.15. The van der Waals surface area contributed by atoms with E-state index in [1.165, 1.54) is 6.26 Å². The first kappa shape index (κ1) is 10.2. The molecule has 0 bridgehead atoms. The second-order valence-corrected chi connectivity index (χ2v) is 3.65. The zero-order valence-corrected chi connectivity index (χ0v) is 8.92. The SMILES string of the molecule is O=Cc1conc1-c1c(Cl)cccc1Cl. The van der Waals surface area contributed by atoms with Crippen molar-refractivity contribution in [3.05, 3.63) is 40.1 Å². The van der Waals surface area contributed by atoms with Crippen LogP contribution in [0.5, 0.6) is 0 Å². The lowest BCUT2D eigenvalue weighted by Gasteiger charge is -2.02. The summed E-state index contributed by atoms with van der Waals surface area (Å²) in [6.07, 6.45) is 1.90. The minimum Gasteiger partial charge on any atom is -0.363 e. The number of rotatable bonds is 2. The van der Waals surface area contributed by atoms with Crippen LogP contribution < -0.4 is 0 Å². The fraction of sp³-hybridized carbons (Fsp3) is 0. The van der Waals surface area contributed by atoms with Crippen molar-refractivity contribution in [3.63, 3.8) is 0 Å². The Hall–Kier alpha value is -1.32. The highest BCUT2D eigenvalue weighted by molar-refractivity contribution is 6.39. The summed E-state index contributed by atoms with van der Waals surface area (Å²) in [4.78, 5) is 10.7. The molecule has 0 spiro atoms. The molecule has 2 rings (SSSR count).